The summed E-state index contributed by atoms with van der Waals surface area (Å²) in [6.07, 6.45) is 0. The quantitative estimate of drug-likeness (QED) is 0.834. The maximum atomic E-state index is 5.52. The highest BCUT2D eigenvalue weighted by Gasteiger charge is 1.96. The SMILES string of the molecule is Cl.NCc1ccc(-c2ccsc2)cc1. The Morgan fingerprint density at radius 1 is 1.00 bits per heavy atom. The molecule has 0 aliphatic rings. The minimum Gasteiger partial charge on any atom is -0.326 e. The third-order valence-electron chi connectivity index (χ3n) is 2.04. The van der Waals surface area contributed by atoms with E-state index in [-0.39, 0.29) is 12.4 Å². The van der Waals surface area contributed by atoms with E-state index in [0.29, 0.717) is 6.54 Å². The fourth-order valence-electron chi connectivity index (χ4n) is 1.26. The summed E-state index contributed by atoms with van der Waals surface area (Å²) < 4.78 is 0. The zero-order chi connectivity index (χ0) is 9.10. The van der Waals surface area contributed by atoms with Gasteiger partial charge >= 0.3 is 0 Å². The fourth-order valence-corrected chi connectivity index (χ4v) is 1.93. The number of nitrogens with two attached hydrogens (primary N) is 1. The van der Waals surface area contributed by atoms with Crippen molar-refractivity contribution in [1.82, 2.24) is 0 Å². The highest BCUT2D eigenvalue weighted by atomic mass is 35.5. The van der Waals surface area contributed by atoms with Gasteiger partial charge in [0.25, 0.3) is 0 Å². The lowest BCUT2D eigenvalue weighted by molar-refractivity contribution is 1.07. The second kappa shape index (κ2) is 5.15. The van der Waals surface area contributed by atoms with E-state index in [0.717, 1.165) is 0 Å². The van der Waals surface area contributed by atoms with Gasteiger partial charge in [0.2, 0.25) is 0 Å². The monoisotopic (exact) mass is 225 g/mol. The molecule has 3 heteroatoms. The van der Waals surface area contributed by atoms with Crippen molar-refractivity contribution in [2.75, 3.05) is 0 Å². The van der Waals surface area contributed by atoms with Gasteiger partial charge in [0, 0.05) is 6.54 Å². The predicted octanol–water partition coefficient (Wildman–Crippen LogP) is 3.30. The molecular weight excluding hydrogens is 214 g/mol. The first kappa shape index (κ1) is 11.2. The summed E-state index contributed by atoms with van der Waals surface area (Å²) in [5, 5.41) is 4.24. The third kappa shape index (κ3) is 2.35. The molecule has 0 fully saturated rings. The van der Waals surface area contributed by atoms with Crippen LogP contribution in [-0.2, 0) is 6.54 Å². The first-order valence-corrected chi connectivity index (χ1v) is 5.16. The Hall–Kier alpha value is -0.830. The Balaban J connectivity index is 0.000000980. The molecule has 74 valence electrons. The van der Waals surface area contributed by atoms with Crippen molar-refractivity contribution in [3.05, 3.63) is 46.7 Å². The molecule has 0 bridgehead atoms. The van der Waals surface area contributed by atoms with E-state index < -0.39 is 0 Å². The van der Waals surface area contributed by atoms with Gasteiger partial charge in [-0.3, -0.25) is 0 Å². The summed E-state index contributed by atoms with van der Waals surface area (Å²) in [6.45, 7) is 0.615. The van der Waals surface area contributed by atoms with Crippen LogP contribution in [0.25, 0.3) is 11.1 Å². The first-order valence-electron chi connectivity index (χ1n) is 4.22. The smallest absolute Gasteiger partial charge is 0.0178 e. The van der Waals surface area contributed by atoms with Gasteiger partial charge in [-0.2, -0.15) is 11.3 Å². The van der Waals surface area contributed by atoms with Gasteiger partial charge in [0.1, 0.15) is 0 Å². The van der Waals surface area contributed by atoms with Crippen molar-refractivity contribution < 1.29 is 0 Å². The maximum absolute atomic E-state index is 5.52. The van der Waals surface area contributed by atoms with E-state index in [1.54, 1.807) is 11.3 Å². The van der Waals surface area contributed by atoms with Gasteiger partial charge in [-0.1, -0.05) is 24.3 Å². The van der Waals surface area contributed by atoms with Crippen LogP contribution in [0, 0.1) is 0 Å². The molecule has 14 heavy (non-hydrogen) atoms. The molecule has 0 saturated carbocycles. The molecule has 0 amide bonds. The van der Waals surface area contributed by atoms with Crippen LogP contribution < -0.4 is 5.73 Å². The standard InChI is InChI=1S/C11H11NS.ClH/c12-7-9-1-3-10(4-2-9)11-5-6-13-8-11;/h1-6,8H,7,12H2;1H. The van der Waals surface area contributed by atoms with E-state index in [2.05, 4.69) is 41.1 Å². The number of thiophene rings is 1. The van der Waals surface area contributed by atoms with E-state index in [1.807, 2.05) is 0 Å². The van der Waals surface area contributed by atoms with E-state index >= 15 is 0 Å². The van der Waals surface area contributed by atoms with Crippen LogP contribution in [0.3, 0.4) is 0 Å². The van der Waals surface area contributed by atoms with Crippen LogP contribution in [0.1, 0.15) is 5.56 Å². The molecule has 0 saturated heterocycles. The van der Waals surface area contributed by atoms with Crippen LogP contribution in [-0.4, -0.2) is 0 Å². The number of benzene rings is 1. The molecule has 1 heterocycles. The lowest BCUT2D eigenvalue weighted by Crippen LogP contribution is -1.94. The minimum absolute atomic E-state index is 0. The molecule has 0 aliphatic heterocycles. The van der Waals surface area contributed by atoms with Crippen LogP contribution in [0.5, 0.6) is 0 Å². The van der Waals surface area contributed by atoms with Crippen molar-refractivity contribution in [3.8, 4) is 11.1 Å². The Morgan fingerprint density at radius 3 is 2.21 bits per heavy atom. The molecule has 0 atom stereocenters. The van der Waals surface area contributed by atoms with Gasteiger partial charge in [0.05, 0.1) is 0 Å². The summed E-state index contributed by atoms with van der Waals surface area (Å²) in [6, 6.07) is 10.5. The normalized spacial score (nSPS) is 9.50. The number of hydrogen-bond donors (Lipinski definition) is 1. The summed E-state index contributed by atoms with van der Waals surface area (Å²) in [5.74, 6) is 0. The topological polar surface area (TPSA) is 26.0 Å². The summed E-state index contributed by atoms with van der Waals surface area (Å²) in [4.78, 5) is 0. The lowest BCUT2D eigenvalue weighted by atomic mass is 10.1. The van der Waals surface area contributed by atoms with Crippen molar-refractivity contribution in [2.45, 2.75) is 6.54 Å². The fraction of sp³-hybridized carbons (Fsp3) is 0.0909. The predicted molar refractivity (Wildman–Crippen MR) is 64.9 cm³/mol. The average molecular weight is 226 g/mol. The van der Waals surface area contributed by atoms with Crippen molar-refractivity contribution >= 4 is 23.7 Å². The van der Waals surface area contributed by atoms with Gasteiger partial charge in [-0.05, 0) is 33.5 Å². The minimum atomic E-state index is 0. The van der Waals surface area contributed by atoms with E-state index in [9.17, 15) is 0 Å². The van der Waals surface area contributed by atoms with Gasteiger partial charge < -0.3 is 5.73 Å². The second-order valence-corrected chi connectivity index (χ2v) is 3.69. The zero-order valence-electron chi connectivity index (χ0n) is 7.64. The Bertz CT molecular complexity index is 367. The molecule has 1 aromatic heterocycles. The Morgan fingerprint density at radius 2 is 1.71 bits per heavy atom. The van der Waals surface area contributed by atoms with Crippen molar-refractivity contribution in [2.24, 2.45) is 5.73 Å². The molecule has 0 unspecified atom stereocenters. The number of rotatable bonds is 2. The maximum Gasteiger partial charge on any atom is 0.0178 e. The highest BCUT2D eigenvalue weighted by molar-refractivity contribution is 7.08. The average Bonchev–Trinajstić information content (AvgIpc) is 2.71. The highest BCUT2D eigenvalue weighted by Crippen LogP contribution is 2.21. The molecule has 2 rings (SSSR count). The Labute approximate surface area is 94.0 Å². The summed E-state index contributed by atoms with van der Waals surface area (Å²) >= 11 is 1.72. The van der Waals surface area contributed by atoms with Gasteiger partial charge in [-0.25, -0.2) is 0 Å². The van der Waals surface area contributed by atoms with E-state index in [4.69, 9.17) is 5.73 Å². The lowest BCUT2D eigenvalue weighted by Gasteiger charge is -1.99. The van der Waals surface area contributed by atoms with Crippen LogP contribution in [0.2, 0.25) is 0 Å². The molecular formula is C11H12ClNS. The largest absolute Gasteiger partial charge is 0.326 e. The summed E-state index contributed by atoms with van der Waals surface area (Å²) in [5.41, 5.74) is 9.25. The number of halogens is 1. The Kier molecular flexibility index (Phi) is 4.14. The van der Waals surface area contributed by atoms with Crippen molar-refractivity contribution in [3.63, 3.8) is 0 Å². The van der Waals surface area contributed by atoms with Gasteiger partial charge in [0.15, 0.2) is 0 Å². The summed E-state index contributed by atoms with van der Waals surface area (Å²) in [7, 11) is 0. The number of hydrogen-bond acceptors (Lipinski definition) is 2. The third-order valence-corrected chi connectivity index (χ3v) is 2.73. The second-order valence-electron chi connectivity index (χ2n) is 2.91. The van der Waals surface area contributed by atoms with Crippen LogP contribution in [0.4, 0.5) is 0 Å². The molecule has 0 radical (unpaired) electrons. The molecule has 1 nitrogen and oxygen atoms in total. The molecule has 1 aromatic carbocycles. The van der Waals surface area contributed by atoms with Gasteiger partial charge in [-0.15, -0.1) is 12.4 Å². The molecule has 0 aliphatic carbocycles. The van der Waals surface area contributed by atoms with Crippen LogP contribution >= 0.6 is 23.7 Å². The molecule has 2 aromatic rings. The first-order chi connectivity index (χ1) is 6.40. The zero-order valence-corrected chi connectivity index (χ0v) is 9.28. The van der Waals surface area contributed by atoms with Crippen LogP contribution in [0.15, 0.2) is 41.1 Å². The van der Waals surface area contributed by atoms with E-state index in [1.165, 1.54) is 16.7 Å². The molecule has 0 spiro atoms. The molecule has 2 N–H and O–H groups in total. The van der Waals surface area contributed by atoms with Crippen molar-refractivity contribution in [1.29, 1.82) is 0 Å².